The number of rotatable bonds is 5. The Kier molecular flexibility index (Phi) is 4.91. The number of halogens is 1. The Bertz CT molecular complexity index is 992. The van der Waals surface area contributed by atoms with Gasteiger partial charge in [-0.25, -0.2) is 0 Å². The van der Waals surface area contributed by atoms with Gasteiger partial charge in [0.1, 0.15) is 0 Å². The molecule has 1 atom stereocenters. The normalized spacial score (nSPS) is 17.3. The van der Waals surface area contributed by atoms with Crippen molar-refractivity contribution in [1.82, 2.24) is 4.90 Å². The number of aliphatic hydroxyl groups is 1. The summed E-state index contributed by atoms with van der Waals surface area (Å²) in [5.41, 5.74) is 2.04. The Morgan fingerprint density at radius 3 is 2.59 bits per heavy atom. The van der Waals surface area contributed by atoms with Crippen molar-refractivity contribution in [3.63, 3.8) is 0 Å². The summed E-state index contributed by atoms with van der Waals surface area (Å²) < 4.78 is 0. The fourth-order valence-corrected chi connectivity index (χ4v) is 4.56. The van der Waals surface area contributed by atoms with E-state index >= 15 is 0 Å². The lowest BCUT2D eigenvalue weighted by Crippen LogP contribution is -2.51. The highest BCUT2D eigenvalue weighted by atomic mass is 35.5. The highest BCUT2D eigenvalue weighted by Crippen LogP contribution is 2.43. The summed E-state index contributed by atoms with van der Waals surface area (Å²) in [6.07, 6.45) is 2.04. The van der Waals surface area contributed by atoms with Gasteiger partial charge in [0, 0.05) is 6.54 Å². The minimum absolute atomic E-state index is 0.148. The summed E-state index contributed by atoms with van der Waals surface area (Å²) in [4.78, 5) is 27.9. The van der Waals surface area contributed by atoms with Crippen LogP contribution in [-0.4, -0.2) is 33.5 Å². The fraction of sp³-hybridized carbons (Fsp3) is 0.391. The van der Waals surface area contributed by atoms with Crippen LogP contribution in [-0.2, 0) is 6.54 Å². The van der Waals surface area contributed by atoms with Crippen LogP contribution in [0.4, 0.5) is 5.69 Å². The smallest absolute Gasteiger partial charge is 0.257 e. The van der Waals surface area contributed by atoms with Crippen LogP contribution in [0, 0.1) is 12.8 Å². The number of nitrogens with zero attached hydrogens (tertiary/aromatic N) is 1. The Balaban J connectivity index is 1.64. The maximum absolute atomic E-state index is 13.3. The van der Waals surface area contributed by atoms with Gasteiger partial charge in [-0.15, -0.1) is 0 Å². The molecule has 1 heterocycles. The second kappa shape index (κ2) is 7.15. The topological polar surface area (TPSA) is 69.6 Å². The molecule has 2 N–H and O–H groups in total. The molecule has 1 aliphatic carbocycles. The molecule has 2 aliphatic rings. The van der Waals surface area contributed by atoms with Crippen LogP contribution >= 0.6 is 11.6 Å². The summed E-state index contributed by atoms with van der Waals surface area (Å²) in [7, 11) is 0. The van der Waals surface area contributed by atoms with Crippen molar-refractivity contribution in [2.75, 3.05) is 5.32 Å². The molecule has 0 spiro atoms. The van der Waals surface area contributed by atoms with E-state index in [-0.39, 0.29) is 17.9 Å². The third-order valence-corrected chi connectivity index (χ3v) is 6.28. The van der Waals surface area contributed by atoms with Crippen molar-refractivity contribution in [1.29, 1.82) is 0 Å². The maximum atomic E-state index is 13.3. The number of aryl methyl sites for hydroxylation is 1. The van der Waals surface area contributed by atoms with E-state index in [1.54, 1.807) is 36.9 Å². The minimum Gasteiger partial charge on any atom is -0.388 e. The monoisotopic (exact) mass is 412 g/mol. The molecule has 1 fully saturated rings. The van der Waals surface area contributed by atoms with Crippen LogP contribution in [0.25, 0.3) is 0 Å². The van der Waals surface area contributed by atoms with Crippen molar-refractivity contribution in [3.05, 3.63) is 63.7 Å². The largest absolute Gasteiger partial charge is 0.388 e. The highest BCUT2D eigenvalue weighted by Gasteiger charge is 2.48. The molecular formula is C23H25ClN2O3. The van der Waals surface area contributed by atoms with Crippen molar-refractivity contribution in [2.45, 2.75) is 51.8 Å². The van der Waals surface area contributed by atoms with Gasteiger partial charge in [-0.2, -0.15) is 0 Å². The Morgan fingerprint density at radius 1 is 1.24 bits per heavy atom. The third-order valence-electron chi connectivity index (χ3n) is 5.78. The van der Waals surface area contributed by atoms with E-state index in [4.69, 9.17) is 11.6 Å². The average Bonchev–Trinajstić information content (AvgIpc) is 3.41. The predicted molar refractivity (Wildman–Crippen MR) is 113 cm³/mol. The first-order chi connectivity index (χ1) is 13.7. The minimum atomic E-state index is -0.989. The van der Waals surface area contributed by atoms with Crippen molar-refractivity contribution >= 4 is 29.1 Å². The molecule has 0 saturated heterocycles. The number of anilines is 1. The second-order valence-corrected chi connectivity index (χ2v) is 8.98. The third kappa shape index (κ3) is 3.65. The van der Waals surface area contributed by atoms with Gasteiger partial charge >= 0.3 is 0 Å². The molecule has 0 unspecified atom stereocenters. The molecule has 1 saturated carbocycles. The van der Waals surface area contributed by atoms with Crippen LogP contribution in [0.5, 0.6) is 0 Å². The SMILES string of the molecule is Cc1cccc(C(=O)Nc2cccc3c2C(=O)N([C@H](C2CC2)C(C)(C)O)C3)c1Cl. The summed E-state index contributed by atoms with van der Waals surface area (Å²) >= 11 is 6.29. The molecule has 29 heavy (non-hydrogen) atoms. The number of hydrogen-bond acceptors (Lipinski definition) is 3. The standard InChI is InChI=1S/C23H25ClN2O3/c1-13-6-4-8-16(19(13)24)21(27)25-17-9-5-7-15-12-26(22(28)18(15)17)20(14-10-11-14)23(2,3)29/h4-9,14,20,29H,10-12H2,1-3H3,(H,25,27)/t20-/m1/s1. The van der Waals surface area contributed by atoms with E-state index in [1.807, 2.05) is 25.1 Å². The van der Waals surface area contributed by atoms with E-state index in [9.17, 15) is 14.7 Å². The van der Waals surface area contributed by atoms with E-state index in [0.717, 1.165) is 24.0 Å². The molecule has 4 rings (SSSR count). The average molecular weight is 413 g/mol. The Hall–Kier alpha value is -2.37. The predicted octanol–water partition coefficient (Wildman–Crippen LogP) is 4.41. The van der Waals surface area contributed by atoms with Crippen molar-refractivity contribution < 1.29 is 14.7 Å². The van der Waals surface area contributed by atoms with Gasteiger partial charge in [0.05, 0.1) is 33.5 Å². The van der Waals surface area contributed by atoms with E-state index in [1.165, 1.54) is 0 Å². The first-order valence-electron chi connectivity index (χ1n) is 9.90. The molecule has 0 radical (unpaired) electrons. The second-order valence-electron chi connectivity index (χ2n) is 8.60. The van der Waals surface area contributed by atoms with Crippen molar-refractivity contribution in [2.24, 2.45) is 5.92 Å². The highest BCUT2D eigenvalue weighted by molar-refractivity contribution is 6.35. The molecule has 0 bridgehead atoms. The van der Waals surface area contributed by atoms with Crippen LogP contribution in [0.3, 0.4) is 0 Å². The molecule has 1 aliphatic heterocycles. The van der Waals surface area contributed by atoms with Crippen molar-refractivity contribution in [3.8, 4) is 0 Å². The first kappa shape index (κ1) is 19.9. The summed E-state index contributed by atoms with van der Waals surface area (Å²) in [6.45, 7) is 5.80. The number of carbonyl (C=O) groups is 2. The van der Waals surface area contributed by atoms with Crippen LogP contribution in [0.1, 0.15) is 58.5 Å². The van der Waals surface area contributed by atoms with Gasteiger partial charge in [0.25, 0.3) is 11.8 Å². The first-order valence-corrected chi connectivity index (χ1v) is 10.3. The number of amides is 2. The zero-order valence-corrected chi connectivity index (χ0v) is 17.6. The molecular weight excluding hydrogens is 388 g/mol. The summed E-state index contributed by atoms with van der Waals surface area (Å²) in [6, 6.07) is 10.5. The molecule has 2 aromatic rings. The lowest BCUT2D eigenvalue weighted by molar-refractivity contribution is -0.0224. The summed E-state index contributed by atoms with van der Waals surface area (Å²) in [5, 5.41) is 14.0. The molecule has 152 valence electrons. The molecule has 0 aromatic heterocycles. The van der Waals surface area contributed by atoms with Gasteiger partial charge in [-0.3, -0.25) is 9.59 Å². The van der Waals surface area contributed by atoms with Gasteiger partial charge in [0.15, 0.2) is 0 Å². The number of hydrogen-bond donors (Lipinski definition) is 2. The van der Waals surface area contributed by atoms with Gasteiger partial charge < -0.3 is 15.3 Å². The number of benzene rings is 2. The summed E-state index contributed by atoms with van der Waals surface area (Å²) in [5.74, 6) is -0.178. The van der Waals surface area contributed by atoms with Gasteiger partial charge in [0.2, 0.25) is 0 Å². The van der Waals surface area contributed by atoms with Gasteiger partial charge in [-0.1, -0.05) is 35.9 Å². The van der Waals surface area contributed by atoms with Crippen LogP contribution in [0.15, 0.2) is 36.4 Å². The fourth-order valence-electron chi connectivity index (χ4n) is 4.35. The van der Waals surface area contributed by atoms with E-state index in [2.05, 4.69) is 5.32 Å². The number of nitrogens with one attached hydrogen (secondary N) is 1. The lowest BCUT2D eigenvalue weighted by Gasteiger charge is -2.37. The number of carbonyl (C=O) groups excluding carboxylic acids is 2. The maximum Gasteiger partial charge on any atom is 0.257 e. The van der Waals surface area contributed by atoms with Gasteiger partial charge in [-0.05, 0) is 62.8 Å². The Labute approximate surface area is 175 Å². The quantitative estimate of drug-likeness (QED) is 0.764. The zero-order chi connectivity index (χ0) is 20.9. The molecule has 6 heteroatoms. The van der Waals surface area contributed by atoms with E-state index in [0.29, 0.717) is 34.3 Å². The zero-order valence-electron chi connectivity index (χ0n) is 16.8. The van der Waals surface area contributed by atoms with E-state index < -0.39 is 5.60 Å². The molecule has 2 aromatic carbocycles. The molecule has 5 nitrogen and oxygen atoms in total. The number of fused-ring (bicyclic) bond motifs is 1. The van der Waals surface area contributed by atoms with Crippen LogP contribution < -0.4 is 5.32 Å². The molecule has 2 amide bonds. The van der Waals surface area contributed by atoms with Crippen LogP contribution in [0.2, 0.25) is 5.02 Å². The lowest BCUT2D eigenvalue weighted by atomic mass is 9.93. The Morgan fingerprint density at radius 2 is 1.93 bits per heavy atom.